The summed E-state index contributed by atoms with van der Waals surface area (Å²) in [5.74, 6) is -0.268. The van der Waals surface area contributed by atoms with Crippen LogP contribution in [0.4, 0.5) is 14.6 Å². The molecule has 104 valence electrons. The lowest BCUT2D eigenvalue weighted by atomic mass is 10.0. The maximum absolute atomic E-state index is 13.3. The zero-order chi connectivity index (χ0) is 14.3. The Balaban J connectivity index is 2.01. The van der Waals surface area contributed by atoms with Crippen LogP contribution in [-0.4, -0.2) is 23.6 Å². The number of rotatable bonds is 1. The summed E-state index contributed by atoms with van der Waals surface area (Å²) in [7, 11) is 1.76. The van der Waals surface area contributed by atoms with Gasteiger partial charge >= 0.3 is 0 Å². The lowest BCUT2D eigenvalue weighted by Crippen LogP contribution is -2.34. The molecule has 0 bridgehead atoms. The molecule has 4 nitrogen and oxygen atoms in total. The lowest BCUT2D eigenvalue weighted by Gasteiger charge is -2.34. The van der Waals surface area contributed by atoms with Gasteiger partial charge in [-0.2, -0.15) is 4.98 Å². The van der Waals surface area contributed by atoms with E-state index in [9.17, 15) is 8.78 Å². The average molecular weight is 298 g/mol. The number of aromatic nitrogens is 2. The molecule has 1 atom stereocenters. The molecule has 0 spiro atoms. The second-order valence-electron chi connectivity index (χ2n) is 4.47. The van der Waals surface area contributed by atoms with Crippen molar-refractivity contribution in [2.24, 2.45) is 0 Å². The van der Waals surface area contributed by atoms with Gasteiger partial charge in [-0.05, 0) is 29.3 Å². The summed E-state index contributed by atoms with van der Waals surface area (Å²) in [4.78, 5) is 9.68. The van der Waals surface area contributed by atoms with Crippen LogP contribution in [0.3, 0.4) is 0 Å². The third-order valence-corrected chi connectivity index (χ3v) is 3.36. The van der Waals surface area contributed by atoms with Crippen LogP contribution in [0, 0.1) is 11.6 Å². The Kier molecular flexibility index (Phi) is 3.17. The number of ether oxygens (including phenoxy) is 1. The van der Waals surface area contributed by atoms with Gasteiger partial charge in [0.15, 0.2) is 11.6 Å². The minimum atomic E-state index is -0.625. The highest BCUT2D eigenvalue weighted by atomic mass is 35.5. The van der Waals surface area contributed by atoms with E-state index in [1.165, 1.54) is 18.3 Å². The van der Waals surface area contributed by atoms with Crippen molar-refractivity contribution in [3.05, 3.63) is 46.9 Å². The van der Waals surface area contributed by atoms with Crippen LogP contribution in [-0.2, 0) is 0 Å². The molecular formula is C13H10ClF2N3O. The number of benzene rings is 1. The summed E-state index contributed by atoms with van der Waals surface area (Å²) in [6.45, 7) is 0.247. The minimum Gasteiger partial charge on any atom is -0.486 e. The Morgan fingerprint density at radius 2 is 2.00 bits per heavy atom. The number of likely N-dealkylation sites (N-methyl/N-ethyl adjacent to an activating group) is 1. The first-order valence-electron chi connectivity index (χ1n) is 5.89. The van der Waals surface area contributed by atoms with Crippen molar-refractivity contribution in [3.63, 3.8) is 0 Å². The molecule has 2 aromatic rings. The highest BCUT2D eigenvalue weighted by molar-refractivity contribution is 6.28. The molecular weight excluding hydrogens is 288 g/mol. The van der Waals surface area contributed by atoms with E-state index in [1.807, 2.05) is 0 Å². The van der Waals surface area contributed by atoms with Crippen LogP contribution < -0.4 is 9.64 Å². The molecule has 0 N–H and O–H groups in total. The van der Waals surface area contributed by atoms with Crippen LogP contribution in [0.2, 0.25) is 5.28 Å². The number of nitrogens with zero attached hydrogens (tertiary/aromatic N) is 3. The van der Waals surface area contributed by atoms with Crippen molar-refractivity contribution < 1.29 is 13.5 Å². The zero-order valence-corrected chi connectivity index (χ0v) is 11.2. The first-order chi connectivity index (χ1) is 9.54. The van der Waals surface area contributed by atoms with Crippen molar-refractivity contribution in [1.29, 1.82) is 0 Å². The summed E-state index contributed by atoms with van der Waals surface area (Å²) >= 11 is 5.76. The zero-order valence-electron chi connectivity index (χ0n) is 10.5. The van der Waals surface area contributed by atoms with Crippen molar-refractivity contribution >= 4 is 17.4 Å². The summed E-state index contributed by atoms with van der Waals surface area (Å²) in [6.07, 6.45) is 1.48. The van der Waals surface area contributed by atoms with Crippen LogP contribution in [0.15, 0.2) is 24.4 Å². The molecule has 2 heterocycles. The Bertz CT molecular complexity index is 648. The van der Waals surface area contributed by atoms with Crippen molar-refractivity contribution in [2.75, 3.05) is 18.6 Å². The molecule has 0 radical (unpaired) electrons. The Labute approximate surface area is 119 Å². The summed E-state index contributed by atoms with van der Waals surface area (Å²) in [5, 5.41) is 0.0882. The predicted octanol–water partition coefficient (Wildman–Crippen LogP) is 2.98. The number of halogens is 3. The van der Waals surface area contributed by atoms with Gasteiger partial charge in [-0.15, -0.1) is 0 Å². The number of hydrogen-bond donors (Lipinski definition) is 0. The van der Waals surface area contributed by atoms with E-state index in [4.69, 9.17) is 16.3 Å². The SMILES string of the molecule is CN1c2nc(Cl)ncc2OCC1c1cc(F)cc(F)c1. The number of fused-ring (bicyclic) bond motifs is 1. The van der Waals surface area contributed by atoms with Gasteiger partial charge in [-0.25, -0.2) is 13.8 Å². The molecule has 7 heteroatoms. The third-order valence-electron chi connectivity index (χ3n) is 3.17. The fourth-order valence-corrected chi connectivity index (χ4v) is 2.34. The largest absolute Gasteiger partial charge is 0.486 e. The van der Waals surface area contributed by atoms with Crippen molar-refractivity contribution in [1.82, 2.24) is 9.97 Å². The molecule has 0 saturated heterocycles. The molecule has 0 amide bonds. The Morgan fingerprint density at radius 1 is 1.30 bits per heavy atom. The molecule has 1 aromatic carbocycles. The highest BCUT2D eigenvalue weighted by Crippen LogP contribution is 2.36. The molecule has 0 aliphatic carbocycles. The van der Waals surface area contributed by atoms with E-state index in [0.29, 0.717) is 17.1 Å². The van der Waals surface area contributed by atoms with E-state index in [2.05, 4.69) is 9.97 Å². The predicted molar refractivity (Wildman–Crippen MR) is 70.0 cm³/mol. The van der Waals surface area contributed by atoms with Crippen LogP contribution >= 0.6 is 11.6 Å². The topological polar surface area (TPSA) is 38.2 Å². The van der Waals surface area contributed by atoms with Gasteiger partial charge < -0.3 is 9.64 Å². The van der Waals surface area contributed by atoms with Crippen molar-refractivity contribution in [3.8, 4) is 5.75 Å². The first kappa shape index (κ1) is 13.1. The molecule has 0 saturated carbocycles. The maximum Gasteiger partial charge on any atom is 0.224 e. The van der Waals surface area contributed by atoms with E-state index >= 15 is 0 Å². The number of anilines is 1. The van der Waals surface area contributed by atoms with Gasteiger partial charge in [-0.3, -0.25) is 0 Å². The Morgan fingerprint density at radius 3 is 2.70 bits per heavy atom. The normalized spacial score (nSPS) is 17.6. The summed E-state index contributed by atoms with van der Waals surface area (Å²) < 4.78 is 32.2. The molecule has 1 unspecified atom stereocenters. The van der Waals surface area contributed by atoms with Gasteiger partial charge in [0.1, 0.15) is 18.2 Å². The van der Waals surface area contributed by atoms with Gasteiger partial charge in [0.2, 0.25) is 5.28 Å². The molecule has 0 fully saturated rings. The first-order valence-corrected chi connectivity index (χ1v) is 6.26. The number of hydrogen-bond acceptors (Lipinski definition) is 4. The molecule has 20 heavy (non-hydrogen) atoms. The molecule has 3 rings (SSSR count). The standard InChI is InChI=1S/C13H10ClF2N3O/c1-19-10(7-2-8(15)4-9(16)3-7)6-20-11-5-17-13(14)18-12(11)19/h2-5,10H,6H2,1H3. The second kappa shape index (κ2) is 4.86. The van der Waals surface area contributed by atoms with Crippen LogP contribution in [0.5, 0.6) is 5.75 Å². The lowest BCUT2D eigenvalue weighted by molar-refractivity contribution is 0.264. The fourth-order valence-electron chi connectivity index (χ4n) is 2.21. The molecule has 1 aromatic heterocycles. The van der Waals surface area contributed by atoms with Crippen molar-refractivity contribution in [2.45, 2.75) is 6.04 Å². The van der Waals surface area contributed by atoms with E-state index < -0.39 is 11.6 Å². The van der Waals surface area contributed by atoms with Crippen LogP contribution in [0.1, 0.15) is 11.6 Å². The van der Waals surface area contributed by atoms with Crippen LogP contribution in [0.25, 0.3) is 0 Å². The average Bonchev–Trinajstić information content (AvgIpc) is 2.38. The van der Waals surface area contributed by atoms with E-state index in [1.54, 1.807) is 11.9 Å². The van der Waals surface area contributed by atoms with Gasteiger partial charge in [0, 0.05) is 13.1 Å². The molecule has 1 aliphatic heterocycles. The monoisotopic (exact) mass is 297 g/mol. The molecule has 1 aliphatic rings. The third kappa shape index (κ3) is 2.27. The van der Waals surface area contributed by atoms with E-state index in [-0.39, 0.29) is 17.9 Å². The van der Waals surface area contributed by atoms with Gasteiger partial charge in [-0.1, -0.05) is 0 Å². The smallest absolute Gasteiger partial charge is 0.224 e. The second-order valence-corrected chi connectivity index (χ2v) is 4.81. The van der Waals surface area contributed by atoms with Gasteiger partial charge in [0.05, 0.1) is 12.2 Å². The quantitative estimate of drug-likeness (QED) is 0.759. The van der Waals surface area contributed by atoms with E-state index in [0.717, 1.165) is 6.07 Å². The summed E-state index contributed by atoms with van der Waals surface area (Å²) in [6, 6.07) is 3.04. The highest BCUT2D eigenvalue weighted by Gasteiger charge is 2.28. The fraction of sp³-hybridized carbons (Fsp3) is 0.231. The Hall–Kier alpha value is -1.95. The maximum atomic E-state index is 13.3. The minimum absolute atomic E-state index is 0.0882. The van der Waals surface area contributed by atoms with Gasteiger partial charge in [0.25, 0.3) is 0 Å². The summed E-state index contributed by atoms with van der Waals surface area (Å²) in [5.41, 5.74) is 0.477.